The Morgan fingerprint density at radius 2 is 1.94 bits per heavy atom. The molecule has 0 atom stereocenters. The van der Waals surface area contributed by atoms with E-state index in [1.807, 2.05) is 6.92 Å². The summed E-state index contributed by atoms with van der Waals surface area (Å²) < 4.78 is 18.9. The first-order valence-corrected chi connectivity index (χ1v) is 10.9. The fraction of sp³-hybridized carbons (Fsp3) is 0.591. The van der Waals surface area contributed by atoms with Crippen LogP contribution < -0.4 is 20.5 Å². The van der Waals surface area contributed by atoms with E-state index in [-0.39, 0.29) is 17.5 Å². The number of anilines is 1. The van der Waals surface area contributed by atoms with Crippen LogP contribution in [-0.2, 0) is 22.6 Å². The van der Waals surface area contributed by atoms with Gasteiger partial charge < -0.3 is 19.5 Å². The molecule has 2 aromatic rings. The average molecular weight is 448 g/mol. The van der Waals surface area contributed by atoms with E-state index in [0.717, 1.165) is 31.8 Å². The summed E-state index contributed by atoms with van der Waals surface area (Å²) >= 11 is 0. The lowest BCUT2D eigenvalue weighted by atomic mass is 9.96. The lowest BCUT2D eigenvalue weighted by Gasteiger charge is -2.31. The number of ether oxygens (including phenoxy) is 3. The molecule has 0 bridgehead atoms. The van der Waals surface area contributed by atoms with Gasteiger partial charge in [-0.05, 0) is 45.0 Å². The van der Waals surface area contributed by atoms with E-state index in [2.05, 4.69) is 15.3 Å². The van der Waals surface area contributed by atoms with E-state index in [1.54, 1.807) is 44.1 Å². The molecular formula is C22H33N5O5. The molecule has 0 saturated carbocycles. The molecular weight excluding hydrogens is 414 g/mol. The fourth-order valence-electron chi connectivity index (χ4n) is 4.02. The van der Waals surface area contributed by atoms with Crippen LogP contribution in [0.25, 0.3) is 0 Å². The Labute approximate surface area is 188 Å². The number of amides is 1. The highest BCUT2D eigenvalue weighted by atomic mass is 16.5. The predicted molar refractivity (Wildman–Crippen MR) is 121 cm³/mol. The van der Waals surface area contributed by atoms with Gasteiger partial charge in [-0.15, -0.1) is 0 Å². The van der Waals surface area contributed by atoms with Crippen LogP contribution in [0.3, 0.4) is 0 Å². The molecule has 0 aliphatic carbocycles. The third-order valence-corrected chi connectivity index (χ3v) is 5.78. The Kier molecular flexibility index (Phi) is 8.29. The summed E-state index contributed by atoms with van der Waals surface area (Å²) in [6.07, 6.45) is 1.69. The van der Waals surface area contributed by atoms with Crippen molar-refractivity contribution in [1.82, 2.24) is 19.2 Å². The average Bonchev–Trinajstić information content (AvgIpc) is 3.13. The second-order valence-electron chi connectivity index (χ2n) is 7.77. The molecule has 1 saturated heterocycles. The molecule has 32 heavy (non-hydrogen) atoms. The monoisotopic (exact) mass is 447 g/mol. The van der Waals surface area contributed by atoms with Crippen molar-refractivity contribution in [2.75, 3.05) is 52.9 Å². The maximum Gasteiger partial charge on any atom is 0.345 e. The lowest BCUT2D eigenvalue weighted by Crippen LogP contribution is -2.39. The number of methoxy groups -OCH3 is 3. The molecule has 1 aromatic carbocycles. The van der Waals surface area contributed by atoms with Gasteiger partial charge in [0.1, 0.15) is 17.3 Å². The lowest BCUT2D eigenvalue weighted by molar-refractivity contribution is -0.117. The van der Waals surface area contributed by atoms with E-state index in [9.17, 15) is 9.59 Å². The molecule has 0 unspecified atom stereocenters. The van der Waals surface area contributed by atoms with Gasteiger partial charge in [-0.1, -0.05) is 0 Å². The van der Waals surface area contributed by atoms with Gasteiger partial charge in [0.25, 0.3) is 0 Å². The summed E-state index contributed by atoms with van der Waals surface area (Å²) in [6, 6.07) is 5.29. The zero-order chi connectivity index (χ0) is 23.1. The third-order valence-electron chi connectivity index (χ3n) is 5.78. The van der Waals surface area contributed by atoms with Gasteiger partial charge in [0.05, 0.1) is 39.6 Å². The minimum Gasteiger partial charge on any atom is -0.497 e. The van der Waals surface area contributed by atoms with Gasteiger partial charge in [0, 0.05) is 25.6 Å². The largest absolute Gasteiger partial charge is 0.497 e. The summed E-state index contributed by atoms with van der Waals surface area (Å²) in [4.78, 5) is 27.3. The van der Waals surface area contributed by atoms with E-state index in [0.29, 0.717) is 43.4 Å². The number of rotatable bonds is 10. The Morgan fingerprint density at radius 3 is 2.56 bits per heavy atom. The first-order chi connectivity index (χ1) is 15.5. The normalized spacial score (nSPS) is 15.0. The Balaban J connectivity index is 1.57. The minimum atomic E-state index is -0.0961. The third kappa shape index (κ3) is 5.49. The highest BCUT2D eigenvalue weighted by Crippen LogP contribution is 2.29. The topological polar surface area (TPSA) is 99.9 Å². The molecule has 10 nitrogen and oxygen atoms in total. The SMILES string of the molecule is CCn1c(C2CCN(CC(=O)Nc3ccc(OC)cc3OC)CC2)nn(CCOC)c1=O. The number of nitrogens with zero attached hydrogens (tertiary/aromatic N) is 4. The second kappa shape index (κ2) is 11.1. The van der Waals surface area contributed by atoms with Crippen molar-refractivity contribution in [3.63, 3.8) is 0 Å². The molecule has 1 aliphatic heterocycles. The number of aromatic nitrogens is 3. The Hall–Kier alpha value is -2.85. The van der Waals surface area contributed by atoms with Crippen LogP contribution in [0.4, 0.5) is 5.69 Å². The molecule has 0 radical (unpaired) electrons. The molecule has 3 rings (SSSR count). The number of nitrogens with one attached hydrogen (secondary N) is 1. The molecule has 1 N–H and O–H groups in total. The van der Waals surface area contributed by atoms with Crippen molar-refractivity contribution in [2.45, 2.75) is 38.8 Å². The van der Waals surface area contributed by atoms with Crippen molar-refractivity contribution in [3.05, 3.63) is 34.5 Å². The van der Waals surface area contributed by atoms with Crippen molar-refractivity contribution in [3.8, 4) is 11.5 Å². The molecule has 1 aliphatic rings. The van der Waals surface area contributed by atoms with Gasteiger partial charge in [-0.3, -0.25) is 14.3 Å². The summed E-state index contributed by atoms with van der Waals surface area (Å²) in [7, 11) is 4.75. The smallest absolute Gasteiger partial charge is 0.345 e. The number of carbonyl (C=O) groups is 1. The highest BCUT2D eigenvalue weighted by molar-refractivity contribution is 5.93. The van der Waals surface area contributed by atoms with Crippen LogP contribution in [-0.4, -0.2) is 72.7 Å². The Morgan fingerprint density at radius 1 is 1.19 bits per heavy atom. The maximum atomic E-state index is 12.6. The van der Waals surface area contributed by atoms with Crippen LogP contribution in [0.15, 0.2) is 23.0 Å². The summed E-state index contributed by atoms with van der Waals surface area (Å²) in [5.74, 6) is 2.16. The second-order valence-corrected chi connectivity index (χ2v) is 7.77. The highest BCUT2D eigenvalue weighted by Gasteiger charge is 2.27. The molecule has 0 spiro atoms. The number of benzene rings is 1. The first-order valence-electron chi connectivity index (χ1n) is 10.9. The Bertz CT molecular complexity index is 962. The zero-order valence-corrected chi connectivity index (χ0v) is 19.3. The molecule has 10 heteroatoms. The van der Waals surface area contributed by atoms with Gasteiger partial charge in [-0.25, -0.2) is 9.48 Å². The van der Waals surface area contributed by atoms with Gasteiger partial charge in [0.2, 0.25) is 5.91 Å². The standard InChI is InChI=1S/C22H33N5O5/c1-5-26-21(24-27(22(26)29)12-13-30-2)16-8-10-25(11-9-16)15-20(28)23-18-7-6-17(31-3)14-19(18)32-4/h6-7,14,16H,5,8-13,15H2,1-4H3,(H,23,28). The van der Waals surface area contributed by atoms with Crippen LogP contribution in [0, 0.1) is 0 Å². The maximum absolute atomic E-state index is 12.6. The summed E-state index contributed by atoms with van der Waals surface area (Å²) in [6.45, 7) is 5.27. The van der Waals surface area contributed by atoms with Crippen molar-refractivity contribution in [1.29, 1.82) is 0 Å². The van der Waals surface area contributed by atoms with E-state index < -0.39 is 0 Å². The van der Waals surface area contributed by atoms with Gasteiger partial charge in [-0.2, -0.15) is 5.10 Å². The fourth-order valence-corrected chi connectivity index (χ4v) is 4.02. The molecule has 2 heterocycles. The first kappa shape index (κ1) is 23.8. The number of hydrogen-bond donors (Lipinski definition) is 1. The zero-order valence-electron chi connectivity index (χ0n) is 19.3. The van der Waals surface area contributed by atoms with Crippen molar-refractivity contribution in [2.24, 2.45) is 0 Å². The molecule has 1 fully saturated rings. The summed E-state index contributed by atoms with van der Waals surface area (Å²) in [5.41, 5.74) is 0.525. The van der Waals surface area contributed by atoms with Crippen molar-refractivity contribution < 1.29 is 19.0 Å². The number of piperidine rings is 1. The minimum absolute atomic E-state index is 0.0882. The van der Waals surface area contributed by atoms with Crippen LogP contribution in [0.2, 0.25) is 0 Å². The van der Waals surface area contributed by atoms with Crippen LogP contribution in [0.1, 0.15) is 31.5 Å². The number of likely N-dealkylation sites (tertiary alicyclic amines) is 1. The van der Waals surface area contributed by atoms with Crippen LogP contribution in [0.5, 0.6) is 11.5 Å². The predicted octanol–water partition coefficient (Wildman–Crippen LogP) is 1.55. The summed E-state index contributed by atoms with van der Waals surface area (Å²) in [5, 5.41) is 7.50. The van der Waals surface area contributed by atoms with Gasteiger partial charge >= 0.3 is 5.69 Å². The number of carbonyl (C=O) groups excluding carboxylic acids is 1. The number of hydrogen-bond acceptors (Lipinski definition) is 7. The van der Waals surface area contributed by atoms with Gasteiger partial charge in [0.15, 0.2) is 0 Å². The van der Waals surface area contributed by atoms with E-state index >= 15 is 0 Å². The van der Waals surface area contributed by atoms with E-state index in [1.165, 1.54) is 4.68 Å². The van der Waals surface area contributed by atoms with Crippen molar-refractivity contribution >= 4 is 11.6 Å². The molecule has 1 aromatic heterocycles. The van der Waals surface area contributed by atoms with E-state index in [4.69, 9.17) is 14.2 Å². The quantitative estimate of drug-likeness (QED) is 0.590. The molecule has 1 amide bonds. The van der Waals surface area contributed by atoms with Crippen LogP contribution >= 0.6 is 0 Å². The molecule has 176 valence electrons.